The van der Waals surface area contributed by atoms with Gasteiger partial charge in [-0.1, -0.05) is 5.24 Å². The van der Waals surface area contributed by atoms with Crippen molar-refractivity contribution in [2.45, 2.75) is 37.7 Å². The summed E-state index contributed by atoms with van der Waals surface area (Å²) in [6.07, 6.45) is -2.65. The first kappa shape index (κ1) is 20.7. The van der Waals surface area contributed by atoms with E-state index in [-0.39, 0.29) is 5.95 Å². The van der Waals surface area contributed by atoms with Crippen LogP contribution < -0.4 is 10.6 Å². The molecule has 27 heavy (non-hydrogen) atoms. The Morgan fingerprint density at radius 1 is 1.22 bits per heavy atom. The van der Waals surface area contributed by atoms with Crippen LogP contribution in [0.2, 0.25) is 0 Å². The van der Waals surface area contributed by atoms with Crippen molar-refractivity contribution >= 4 is 41.0 Å². The zero-order valence-electron chi connectivity index (χ0n) is 14.8. The summed E-state index contributed by atoms with van der Waals surface area (Å²) in [6.45, 7) is 4.96. The van der Waals surface area contributed by atoms with Crippen molar-refractivity contribution in [2.75, 3.05) is 10.6 Å². The molecule has 13 heteroatoms. The van der Waals surface area contributed by atoms with Crippen molar-refractivity contribution in [3.05, 3.63) is 23.7 Å². The largest absolute Gasteiger partial charge is 0.421 e. The Hall–Kier alpha value is -2.64. The van der Waals surface area contributed by atoms with Crippen LogP contribution in [0.15, 0.2) is 12.4 Å². The molecule has 7 nitrogen and oxygen atoms in total. The zero-order chi connectivity index (χ0) is 20.6. The van der Waals surface area contributed by atoms with Gasteiger partial charge in [0.1, 0.15) is 16.9 Å². The predicted molar refractivity (Wildman–Crippen MR) is 95.8 cm³/mol. The molecule has 0 amide bonds. The first-order chi connectivity index (χ1) is 12.2. The molecule has 2 N–H and O–H groups in total. The van der Waals surface area contributed by atoms with Gasteiger partial charge in [0.2, 0.25) is 5.95 Å². The number of anilines is 3. The summed E-state index contributed by atoms with van der Waals surface area (Å²) in [5.41, 5.74) is -1.21. The van der Waals surface area contributed by atoms with Crippen molar-refractivity contribution in [3.63, 3.8) is 0 Å². The van der Waals surface area contributed by atoms with Crippen LogP contribution in [0.4, 0.5) is 30.6 Å². The summed E-state index contributed by atoms with van der Waals surface area (Å²) in [5, 5.41) is 16.1. The lowest BCUT2D eigenvalue weighted by Crippen LogP contribution is -2.41. The molecule has 0 aromatic carbocycles. The minimum atomic E-state index is -4.75. The Kier molecular flexibility index (Phi) is 5.23. The zero-order valence-corrected chi connectivity index (χ0v) is 14.8. The fourth-order valence-corrected chi connectivity index (χ4v) is 1.99. The number of rotatable bonds is 5. The van der Waals surface area contributed by atoms with Crippen LogP contribution in [-0.4, -0.2) is 48.5 Å². The quantitative estimate of drug-likeness (QED) is 0.778. The molecule has 2 aromatic rings. The van der Waals surface area contributed by atoms with Gasteiger partial charge in [-0.15, -0.1) is 0 Å². The highest BCUT2D eigenvalue weighted by molar-refractivity contribution is 6.60. The van der Waals surface area contributed by atoms with E-state index in [4.69, 9.17) is 23.5 Å². The lowest BCUT2D eigenvalue weighted by molar-refractivity contribution is -0.137. The number of aromatic nitrogens is 4. The van der Waals surface area contributed by atoms with Crippen LogP contribution in [-0.2, 0) is 11.7 Å². The summed E-state index contributed by atoms with van der Waals surface area (Å²) in [4.78, 5) is 7.41. The maximum atomic E-state index is 13.1. The van der Waals surface area contributed by atoms with Gasteiger partial charge < -0.3 is 10.6 Å². The fourth-order valence-electron chi connectivity index (χ4n) is 1.99. The van der Waals surface area contributed by atoms with Gasteiger partial charge in [-0.2, -0.15) is 28.5 Å². The van der Waals surface area contributed by atoms with E-state index in [2.05, 4.69) is 31.8 Å². The van der Waals surface area contributed by atoms with Crippen LogP contribution in [0.5, 0.6) is 0 Å². The minimum Gasteiger partial charge on any atom is -0.389 e. The third kappa shape index (κ3) is 4.96. The van der Waals surface area contributed by atoms with Gasteiger partial charge in [0.05, 0.1) is 47.2 Å². The molecule has 134 valence electrons. The Morgan fingerprint density at radius 3 is 2.37 bits per heavy atom. The molecule has 0 bridgehead atoms. The maximum Gasteiger partial charge on any atom is 0.421 e. The number of nitriles is 1. The Balaban J connectivity index is 2.41. The first-order valence-corrected chi connectivity index (χ1v) is 7.57. The van der Waals surface area contributed by atoms with Gasteiger partial charge in [0.15, 0.2) is 0 Å². The van der Waals surface area contributed by atoms with Crippen molar-refractivity contribution in [2.24, 2.45) is 0 Å². The van der Waals surface area contributed by atoms with E-state index in [1.54, 1.807) is 20.8 Å². The minimum absolute atomic E-state index is 0.174. The summed E-state index contributed by atoms with van der Waals surface area (Å²) < 4.78 is 40.8. The standard InChI is InChI=1S/C14H13B3F3N7/c1-7-9(5-27(26-7)12(2,3)6-21)23-11-22-4-8(13(18,19)20)10(24-11)25-14(15,16)17/h4-5H,1-3H3,(H2,22,23,24,25). The van der Waals surface area contributed by atoms with E-state index >= 15 is 0 Å². The number of nitrogens with one attached hydrogen (secondary N) is 2. The lowest BCUT2D eigenvalue weighted by Gasteiger charge is -2.25. The highest BCUT2D eigenvalue weighted by Crippen LogP contribution is 2.34. The molecule has 2 heterocycles. The molecule has 0 atom stereocenters. The summed E-state index contributed by atoms with van der Waals surface area (Å²) in [7, 11) is 16.0. The maximum absolute atomic E-state index is 13.1. The molecule has 0 aliphatic heterocycles. The molecule has 0 saturated heterocycles. The first-order valence-electron chi connectivity index (χ1n) is 7.57. The molecular formula is C14H13B3F3N7. The second-order valence-electron chi connectivity index (χ2n) is 6.38. The van der Waals surface area contributed by atoms with E-state index in [9.17, 15) is 18.4 Å². The van der Waals surface area contributed by atoms with E-state index in [1.165, 1.54) is 10.9 Å². The van der Waals surface area contributed by atoms with Crippen LogP contribution >= 0.6 is 0 Å². The fraction of sp³-hybridized carbons (Fsp3) is 0.429. The second kappa shape index (κ2) is 6.83. The highest BCUT2D eigenvalue weighted by atomic mass is 19.4. The normalized spacial score (nSPS) is 12.5. The van der Waals surface area contributed by atoms with Crippen molar-refractivity contribution in [1.82, 2.24) is 19.7 Å². The number of aryl methyl sites for hydroxylation is 1. The van der Waals surface area contributed by atoms with Crippen molar-refractivity contribution in [3.8, 4) is 6.07 Å². The molecule has 2 rings (SSSR count). The van der Waals surface area contributed by atoms with E-state index in [0.717, 1.165) is 0 Å². The van der Waals surface area contributed by atoms with Gasteiger partial charge in [0.25, 0.3) is 0 Å². The molecule has 0 unspecified atom stereocenters. The third-order valence-electron chi connectivity index (χ3n) is 3.42. The molecule has 6 radical (unpaired) electrons. The molecule has 0 fully saturated rings. The Labute approximate surface area is 158 Å². The Morgan fingerprint density at radius 2 is 1.85 bits per heavy atom. The number of hydrogen-bond donors (Lipinski definition) is 2. The van der Waals surface area contributed by atoms with E-state index < -0.39 is 28.3 Å². The summed E-state index contributed by atoms with van der Waals surface area (Å²) in [6, 6.07) is 2.09. The molecule has 0 aliphatic rings. The van der Waals surface area contributed by atoms with Gasteiger partial charge in [-0.3, -0.25) is 4.68 Å². The SMILES string of the molecule is [B]C([B])([B])Nc1nc(Nc2cn(C(C)(C)C#N)nc2C)ncc1C(F)(F)F. The van der Waals surface area contributed by atoms with E-state index in [1.807, 2.05) is 0 Å². The van der Waals surface area contributed by atoms with Crippen molar-refractivity contribution < 1.29 is 13.2 Å². The topological polar surface area (TPSA) is 91.5 Å². The molecular weight excluding hydrogens is 356 g/mol. The smallest absolute Gasteiger partial charge is 0.389 e. The molecule has 0 saturated carbocycles. The number of hydrogen-bond acceptors (Lipinski definition) is 6. The van der Waals surface area contributed by atoms with Gasteiger partial charge in [-0.25, -0.2) is 4.98 Å². The van der Waals surface area contributed by atoms with Crippen LogP contribution in [0.1, 0.15) is 25.1 Å². The van der Waals surface area contributed by atoms with Crippen molar-refractivity contribution in [1.29, 1.82) is 5.26 Å². The Bertz CT molecular complexity index is 882. The number of halogens is 3. The third-order valence-corrected chi connectivity index (χ3v) is 3.42. The average molecular weight is 369 g/mol. The summed E-state index contributed by atoms with van der Waals surface area (Å²) >= 11 is 0. The molecule has 0 spiro atoms. The predicted octanol–water partition coefficient (Wildman–Crippen LogP) is 1.53. The van der Waals surface area contributed by atoms with Crippen LogP contribution in [0.3, 0.4) is 0 Å². The van der Waals surface area contributed by atoms with Gasteiger partial charge in [-0.05, 0) is 20.8 Å². The number of alkyl halides is 3. The number of nitrogens with zero attached hydrogens (tertiary/aromatic N) is 5. The average Bonchev–Trinajstić information content (AvgIpc) is 2.86. The molecule has 2 aromatic heterocycles. The lowest BCUT2D eigenvalue weighted by atomic mass is 9.49. The van der Waals surface area contributed by atoms with Crippen LogP contribution in [0.25, 0.3) is 0 Å². The summed E-state index contributed by atoms with van der Waals surface area (Å²) in [5.74, 6) is -0.859. The van der Waals surface area contributed by atoms with Crippen LogP contribution in [0, 0.1) is 18.3 Å². The van der Waals surface area contributed by atoms with Gasteiger partial charge >= 0.3 is 6.18 Å². The second-order valence-corrected chi connectivity index (χ2v) is 6.38. The van der Waals surface area contributed by atoms with E-state index in [0.29, 0.717) is 17.6 Å². The monoisotopic (exact) mass is 369 g/mol. The highest BCUT2D eigenvalue weighted by Gasteiger charge is 2.36. The van der Waals surface area contributed by atoms with Gasteiger partial charge in [0, 0.05) is 6.20 Å². The molecule has 0 aliphatic carbocycles.